The molecule has 0 bridgehead atoms. The number of nitrogens with zero attached hydrogens (tertiary/aromatic N) is 2. The molecule has 0 saturated carbocycles. The van der Waals surface area contributed by atoms with Gasteiger partial charge in [0.2, 0.25) is 0 Å². The van der Waals surface area contributed by atoms with Gasteiger partial charge in [0.15, 0.2) is 5.75 Å². The van der Waals surface area contributed by atoms with Crippen molar-refractivity contribution < 1.29 is 14.3 Å². The van der Waals surface area contributed by atoms with Crippen LogP contribution in [0, 0.1) is 5.92 Å². The molecule has 3 aliphatic heterocycles. The molecular weight excluding hydrogens is 340 g/mol. The molecule has 8 heteroatoms. The summed E-state index contributed by atoms with van der Waals surface area (Å²) in [6.45, 7) is 3.82. The van der Waals surface area contributed by atoms with Crippen LogP contribution in [0.3, 0.4) is 0 Å². The predicted molar refractivity (Wildman–Crippen MR) is 94.4 cm³/mol. The summed E-state index contributed by atoms with van der Waals surface area (Å²) in [6, 6.07) is 0.284. The summed E-state index contributed by atoms with van der Waals surface area (Å²) < 4.78 is 11.6. The molecule has 3 aliphatic rings. The zero-order valence-electron chi connectivity index (χ0n) is 13.8. The highest BCUT2D eigenvalue weighted by atomic mass is 32.1. The number of H-pyrrole nitrogens is 1. The van der Waals surface area contributed by atoms with E-state index in [9.17, 15) is 4.79 Å². The lowest BCUT2D eigenvalue weighted by atomic mass is 9.97. The fraction of sp³-hybridized carbons (Fsp3) is 0.529. The Morgan fingerprint density at radius 3 is 3.12 bits per heavy atom. The number of hydrogen-bond acceptors (Lipinski definition) is 6. The van der Waals surface area contributed by atoms with E-state index in [2.05, 4.69) is 20.4 Å². The van der Waals surface area contributed by atoms with Crippen molar-refractivity contribution in [3.63, 3.8) is 0 Å². The van der Waals surface area contributed by atoms with Crippen LogP contribution in [0.4, 0.5) is 5.69 Å². The first-order valence-electron chi connectivity index (χ1n) is 8.72. The lowest BCUT2D eigenvalue weighted by molar-refractivity contribution is 0.0958. The number of amides is 1. The minimum absolute atomic E-state index is 0.00309. The molecule has 2 aromatic heterocycles. The number of hydrogen-bond donors (Lipinski definition) is 2. The number of aromatic amines is 1. The van der Waals surface area contributed by atoms with E-state index in [1.54, 1.807) is 6.20 Å². The average Bonchev–Trinajstić information content (AvgIpc) is 3.36. The first-order valence-corrected chi connectivity index (χ1v) is 9.54. The highest BCUT2D eigenvalue weighted by Crippen LogP contribution is 2.50. The highest BCUT2D eigenvalue weighted by molar-refractivity contribution is 7.18. The van der Waals surface area contributed by atoms with Crippen LogP contribution in [0.2, 0.25) is 0 Å². The van der Waals surface area contributed by atoms with Gasteiger partial charge in [0.1, 0.15) is 17.2 Å². The van der Waals surface area contributed by atoms with Crippen molar-refractivity contribution >= 4 is 22.9 Å². The number of thiophene rings is 1. The summed E-state index contributed by atoms with van der Waals surface area (Å²) in [5, 5.41) is 9.99. The number of carbonyl (C=O) groups is 1. The van der Waals surface area contributed by atoms with E-state index in [4.69, 9.17) is 9.47 Å². The largest absolute Gasteiger partial charge is 0.488 e. The van der Waals surface area contributed by atoms with Gasteiger partial charge in [-0.15, -0.1) is 11.3 Å². The molecule has 1 saturated heterocycles. The van der Waals surface area contributed by atoms with E-state index in [0.717, 1.165) is 59.4 Å². The number of carbonyl (C=O) groups excluding carboxylic acids is 1. The molecule has 2 aromatic rings. The van der Waals surface area contributed by atoms with E-state index < -0.39 is 0 Å². The van der Waals surface area contributed by atoms with Crippen molar-refractivity contribution in [3.8, 4) is 16.2 Å². The topological polar surface area (TPSA) is 79.5 Å². The van der Waals surface area contributed by atoms with Crippen LogP contribution < -0.4 is 15.0 Å². The number of rotatable bonds is 3. The summed E-state index contributed by atoms with van der Waals surface area (Å²) in [5.74, 6) is 1.40. The van der Waals surface area contributed by atoms with Crippen LogP contribution in [-0.2, 0) is 4.74 Å². The number of aromatic nitrogens is 2. The first-order chi connectivity index (χ1) is 12.3. The van der Waals surface area contributed by atoms with Crippen molar-refractivity contribution in [3.05, 3.63) is 17.3 Å². The monoisotopic (exact) mass is 360 g/mol. The molecule has 2 N–H and O–H groups in total. The summed E-state index contributed by atoms with van der Waals surface area (Å²) in [7, 11) is 0. The maximum absolute atomic E-state index is 12.7. The van der Waals surface area contributed by atoms with Crippen LogP contribution in [0.25, 0.3) is 10.4 Å². The molecule has 2 atom stereocenters. The molecule has 7 nitrogen and oxygen atoms in total. The van der Waals surface area contributed by atoms with Gasteiger partial charge in [0.05, 0.1) is 17.6 Å². The lowest BCUT2D eigenvalue weighted by Crippen LogP contribution is -2.45. The number of ether oxygens (including phenoxy) is 2. The Kier molecular flexibility index (Phi) is 3.67. The maximum atomic E-state index is 12.7. The molecule has 0 spiro atoms. The zero-order valence-corrected chi connectivity index (χ0v) is 14.6. The van der Waals surface area contributed by atoms with Crippen LogP contribution in [0.1, 0.15) is 22.5 Å². The summed E-state index contributed by atoms with van der Waals surface area (Å²) in [6.07, 6.45) is 5.76. The predicted octanol–water partition coefficient (Wildman–Crippen LogP) is 1.88. The standard InChI is InChI=1S/C17H20N4O3S/c22-17-16-13-14(15(25-16)11-6-19-20-7-11)24-4-2-21(13)12(8-18-17)5-10-1-3-23-9-10/h6-7,10,12H,1-5,8-9H2,(H,18,22)(H,19,20)/t10-,12+/m0/s1. The van der Waals surface area contributed by atoms with Gasteiger partial charge < -0.3 is 19.7 Å². The summed E-state index contributed by atoms with van der Waals surface area (Å²) in [5.41, 5.74) is 1.93. The van der Waals surface area contributed by atoms with Crippen molar-refractivity contribution in [2.45, 2.75) is 18.9 Å². The lowest BCUT2D eigenvalue weighted by Gasteiger charge is -2.36. The molecule has 0 unspecified atom stereocenters. The molecule has 5 rings (SSSR count). The Balaban J connectivity index is 1.56. The number of nitrogens with one attached hydrogen (secondary N) is 2. The molecule has 0 aromatic carbocycles. The van der Waals surface area contributed by atoms with Crippen molar-refractivity contribution in [2.75, 3.05) is 37.8 Å². The Morgan fingerprint density at radius 2 is 2.32 bits per heavy atom. The maximum Gasteiger partial charge on any atom is 0.263 e. The summed E-state index contributed by atoms with van der Waals surface area (Å²) in [4.78, 5) is 16.8. The normalized spacial score (nSPS) is 25.3. The van der Waals surface area contributed by atoms with E-state index in [-0.39, 0.29) is 11.9 Å². The van der Waals surface area contributed by atoms with Gasteiger partial charge in [-0.3, -0.25) is 9.89 Å². The van der Waals surface area contributed by atoms with Gasteiger partial charge in [-0.2, -0.15) is 5.10 Å². The third-order valence-electron chi connectivity index (χ3n) is 5.24. The summed E-state index contributed by atoms with van der Waals surface area (Å²) >= 11 is 1.49. The molecule has 5 heterocycles. The van der Waals surface area contributed by atoms with E-state index in [0.29, 0.717) is 19.1 Å². The van der Waals surface area contributed by atoms with E-state index in [1.807, 2.05) is 6.20 Å². The van der Waals surface area contributed by atoms with Gasteiger partial charge in [0, 0.05) is 37.6 Å². The molecule has 25 heavy (non-hydrogen) atoms. The Morgan fingerprint density at radius 1 is 1.36 bits per heavy atom. The SMILES string of the molecule is O=C1NC[C@@H](C[C@@H]2CCOC2)N2CCOc3c(-c4cn[nH]c4)sc1c32. The third kappa shape index (κ3) is 2.51. The molecule has 1 amide bonds. The Hall–Kier alpha value is -2.06. The van der Waals surface area contributed by atoms with Crippen LogP contribution in [-0.4, -0.2) is 55.1 Å². The van der Waals surface area contributed by atoms with Gasteiger partial charge >= 0.3 is 0 Å². The van der Waals surface area contributed by atoms with Crippen LogP contribution >= 0.6 is 11.3 Å². The number of anilines is 1. The van der Waals surface area contributed by atoms with Gasteiger partial charge in [-0.25, -0.2) is 0 Å². The highest BCUT2D eigenvalue weighted by Gasteiger charge is 2.38. The van der Waals surface area contributed by atoms with E-state index >= 15 is 0 Å². The minimum atomic E-state index is -0.00309. The second kappa shape index (κ2) is 6.03. The molecule has 0 aliphatic carbocycles. The van der Waals surface area contributed by atoms with Crippen molar-refractivity contribution in [2.24, 2.45) is 5.92 Å². The fourth-order valence-corrected chi connectivity index (χ4v) is 5.16. The Labute approximate surface area is 149 Å². The first kappa shape index (κ1) is 15.2. The van der Waals surface area contributed by atoms with E-state index in [1.165, 1.54) is 11.3 Å². The third-order valence-corrected chi connectivity index (χ3v) is 6.45. The van der Waals surface area contributed by atoms with Crippen LogP contribution in [0.5, 0.6) is 5.75 Å². The van der Waals surface area contributed by atoms with Crippen molar-refractivity contribution in [1.82, 2.24) is 15.5 Å². The average molecular weight is 360 g/mol. The minimum Gasteiger partial charge on any atom is -0.488 e. The second-order valence-corrected chi connectivity index (χ2v) is 7.82. The second-order valence-electron chi connectivity index (χ2n) is 6.80. The quantitative estimate of drug-likeness (QED) is 0.874. The fourth-order valence-electron chi connectivity index (χ4n) is 4.01. The molecule has 1 fully saturated rings. The molecular formula is C17H20N4O3S. The van der Waals surface area contributed by atoms with Gasteiger partial charge in [0.25, 0.3) is 5.91 Å². The smallest absolute Gasteiger partial charge is 0.263 e. The molecule has 0 radical (unpaired) electrons. The van der Waals surface area contributed by atoms with Gasteiger partial charge in [-0.05, 0) is 18.8 Å². The van der Waals surface area contributed by atoms with Crippen LogP contribution in [0.15, 0.2) is 12.4 Å². The van der Waals surface area contributed by atoms with Gasteiger partial charge in [-0.1, -0.05) is 0 Å². The molecule has 132 valence electrons. The Bertz CT molecular complexity index is 782. The van der Waals surface area contributed by atoms with Crippen molar-refractivity contribution in [1.29, 1.82) is 0 Å². The zero-order chi connectivity index (χ0) is 16.8.